The van der Waals surface area contributed by atoms with E-state index in [1.165, 1.54) is 0 Å². The Balaban J connectivity index is 2.21. The first-order valence-electron chi connectivity index (χ1n) is 7.05. The van der Waals surface area contributed by atoms with Crippen molar-refractivity contribution in [1.29, 1.82) is 0 Å². The van der Waals surface area contributed by atoms with Crippen molar-refractivity contribution >= 4 is 17.4 Å². The van der Waals surface area contributed by atoms with Crippen LogP contribution in [0.15, 0.2) is 24.3 Å². The van der Waals surface area contributed by atoms with Gasteiger partial charge in [0.15, 0.2) is 5.78 Å². The van der Waals surface area contributed by atoms with Gasteiger partial charge >= 0.3 is 0 Å². The van der Waals surface area contributed by atoms with Crippen LogP contribution in [0.2, 0.25) is 0 Å². The number of hydrogen-bond acceptors (Lipinski definition) is 3. The fourth-order valence-electron chi connectivity index (χ4n) is 2.61. The lowest BCUT2D eigenvalue weighted by molar-refractivity contribution is -0.119. The summed E-state index contributed by atoms with van der Waals surface area (Å²) in [5, 5.41) is 0. The van der Waals surface area contributed by atoms with Crippen molar-refractivity contribution in [2.24, 2.45) is 5.92 Å². The zero-order chi connectivity index (χ0) is 14.5. The molecule has 1 unspecified atom stereocenters. The van der Waals surface area contributed by atoms with E-state index in [4.69, 9.17) is 4.74 Å². The molecule has 0 aromatic heterocycles. The third-order valence-electron chi connectivity index (χ3n) is 3.56. The van der Waals surface area contributed by atoms with Gasteiger partial charge in [-0.05, 0) is 24.5 Å². The predicted molar refractivity (Wildman–Crippen MR) is 78.0 cm³/mol. The van der Waals surface area contributed by atoms with E-state index in [1.807, 2.05) is 31.2 Å². The summed E-state index contributed by atoms with van der Waals surface area (Å²) in [7, 11) is 1.64. The molecule has 1 aromatic rings. The van der Waals surface area contributed by atoms with Crippen LogP contribution >= 0.6 is 0 Å². The Bertz CT molecular complexity index is 498. The minimum absolute atomic E-state index is 0.0664. The highest BCUT2D eigenvalue weighted by Gasteiger charge is 2.25. The zero-order valence-electron chi connectivity index (χ0n) is 12.1. The number of nitrogens with zero attached hydrogens (tertiary/aromatic N) is 1. The molecule has 1 heterocycles. The summed E-state index contributed by atoms with van der Waals surface area (Å²) in [4.78, 5) is 26.3. The van der Waals surface area contributed by atoms with E-state index in [0.29, 0.717) is 31.6 Å². The van der Waals surface area contributed by atoms with Gasteiger partial charge in [0.1, 0.15) is 0 Å². The Morgan fingerprint density at radius 3 is 2.90 bits per heavy atom. The van der Waals surface area contributed by atoms with Gasteiger partial charge in [-0.1, -0.05) is 19.1 Å². The van der Waals surface area contributed by atoms with Crippen LogP contribution in [0.4, 0.5) is 5.69 Å². The maximum Gasteiger partial charge on any atom is 0.227 e. The average molecular weight is 275 g/mol. The summed E-state index contributed by atoms with van der Waals surface area (Å²) < 4.78 is 5.08. The molecular formula is C16H21NO3. The number of carbonyl (C=O) groups is 2. The number of hydrogen-bond donors (Lipinski definition) is 0. The van der Waals surface area contributed by atoms with Gasteiger partial charge in [-0.25, -0.2) is 0 Å². The first-order valence-corrected chi connectivity index (χ1v) is 7.05. The Morgan fingerprint density at radius 2 is 2.15 bits per heavy atom. The summed E-state index contributed by atoms with van der Waals surface area (Å²) in [6.45, 7) is 3.18. The molecule has 1 aliphatic rings. The van der Waals surface area contributed by atoms with E-state index in [9.17, 15) is 9.59 Å². The van der Waals surface area contributed by atoms with Crippen molar-refractivity contribution in [2.75, 3.05) is 25.2 Å². The molecule has 1 amide bonds. The molecule has 0 aliphatic carbocycles. The first kappa shape index (κ1) is 14.7. The van der Waals surface area contributed by atoms with E-state index < -0.39 is 0 Å². The lowest BCUT2D eigenvalue weighted by atomic mass is 10.1. The van der Waals surface area contributed by atoms with Gasteiger partial charge in [0, 0.05) is 38.7 Å². The minimum atomic E-state index is 0.0664. The molecule has 0 N–H and O–H groups in total. The van der Waals surface area contributed by atoms with Gasteiger partial charge in [-0.2, -0.15) is 0 Å². The Hall–Kier alpha value is -1.68. The van der Waals surface area contributed by atoms with Crippen LogP contribution in [0.3, 0.4) is 0 Å². The number of ether oxygens (including phenoxy) is 1. The molecule has 20 heavy (non-hydrogen) atoms. The number of para-hydroxylation sites is 1. The quantitative estimate of drug-likeness (QED) is 0.848. The Labute approximate surface area is 119 Å². The fourth-order valence-corrected chi connectivity index (χ4v) is 2.61. The van der Waals surface area contributed by atoms with Crippen LogP contribution in [0.25, 0.3) is 0 Å². The topological polar surface area (TPSA) is 46.6 Å². The van der Waals surface area contributed by atoms with E-state index in [-0.39, 0.29) is 17.6 Å². The number of carbonyl (C=O) groups excluding carboxylic acids is 2. The molecule has 0 fully saturated rings. The molecule has 0 radical (unpaired) electrons. The van der Waals surface area contributed by atoms with Gasteiger partial charge in [0.2, 0.25) is 5.91 Å². The van der Waals surface area contributed by atoms with E-state index in [2.05, 4.69) is 0 Å². The third-order valence-corrected chi connectivity index (χ3v) is 3.56. The highest BCUT2D eigenvalue weighted by molar-refractivity contribution is 6.06. The molecule has 0 saturated carbocycles. The smallest absolute Gasteiger partial charge is 0.227 e. The monoisotopic (exact) mass is 275 g/mol. The standard InChI is InChI=1S/C16H21NO3/c1-12(11-20-2)10-16(19)17-9-5-8-15(18)13-6-3-4-7-14(13)17/h3-4,6-7,12H,5,8-11H2,1-2H3. The van der Waals surface area contributed by atoms with Crippen molar-refractivity contribution in [1.82, 2.24) is 0 Å². The molecule has 4 nitrogen and oxygen atoms in total. The van der Waals surface area contributed by atoms with Crippen LogP contribution in [-0.4, -0.2) is 32.0 Å². The number of Topliss-reactive ketones (excluding diaryl/α,β-unsaturated/α-hetero) is 1. The largest absolute Gasteiger partial charge is 0.384 e. The van der Waals surface area contributed by atoms with Crippen molar-refractivity contribution in [3.05, 3.63) is 29.8 Å². The molecular weight excluding hydrogens is 254 g/mol. The van der Waals surface area contributed by atoms with Crippen LogP contribution < -0.4 is 4.90 Å². The molecule has 1 atom stereocenters. The van der Waals surface area contributed by atoms with Crippen LogP contribution in [0.1, 0.15) is 36.5 Å². The lowest BCUT2D eigenvalue weighted by Gasteiger charge is -2.24. The number of rotatable bonds is 4. The number of benzene rings is 1. The second-order valence-electron chi connectivity index (χ2n) is 5.35. The van der Waals surface area contributed by atoms with E-state index >= 15 is 0 Å². The SMILES string of the molecule is COCC(C)CC(=O)N1CCCC(=O)c2ccccc21. The molecule has 0 spiro atoms. The first-order chi connectivity index (χ1) is 9.63. The second-order valence-corrected chi connectivity index (χ2v) is 5.35. The van der Waals surface area contributed by atoms with Crippen LogP contribution in [0.5, 0.6) is 0 Å². The summed E-state index contributed by atoms with van der Waals surface area (Å²) in [6.07, 6.45) is 1.67. The van der Waals surface area contributed by atoms with Crippen molar-refractivity contribution in [3.8, 4) is 0 Å². The maximum atomic E-state index is 12.5. The fraction of sp³-hybridized carbons (Fsp3) is 0.500. The average Bonchev–Trinajstić information content (AvgIpc) is 2.59. The molecule has 1 aliphatic heterocycles. The maximum absolute atomic E-state index is 12.5. The van der Waals surface area contributed by atoms with E-state index in [1.54, 1.807) is 12.0 Å². The minimum Gasteiger partial charge on any atom is -0.384 e. The van der Waals surface area contributed by atoms with Gasteiger partial charge in [0.25, 0.3) is 0 Å². The highest BCUT2D eigenvalue weighted by atomic mass is 16.5. The van der Waals surface area contributed by atoms with E-state index in [0.717, 1.165) is 12.1 Å². The van der Waals surface area contributed by atoms with Crippen molar-refractivity contribution < 1.29 is 14.3 Å². The molecule has 108 valence electrons. The summed E-state index contributed by atoms with van der Waals surface area (Å²) in [5.41, 5.74) is 1.42. The molecule has 0 bridgehead atoms. The van der Waals surface area contributed by atoms with Gasteiger partial charge in [-0.3, -0.25) is 9.59 Å². The Kier molecular flexibility index (Phi) is 4.90. The Morgan fingerprint density at radius 1 is 1.40 bits per heavy atom. The number of methoxy groups -OCH3 is 1. The molecule has 4 heteroatoms. The van der Waals surface area contributed by atoms with Gasteiger partial charge < -0.3 is 9.64 Å². The summed E-state index contributed by atoms with van der Waals surface area (Å²) in [6, 6.07) is 7.38. The highest BCUT2D eigenvalue weighted by Crippen LogP contribution is 2.27. The number of ketones is 1. The zero-order valence-corrected chi connectivity index (χ0v) is 12.1. The van der Waals surface area contributed by atoms with Crippen molar-refractivity contribution in [2.45, 2.75) is 26.2 Å². The van der Waals surface area contributed by atoms with Crippen LogP contribution in [0, 0.1) is 5.92 Å². The van der Waals surface area contributed by atoms with Gasteiger partial charge in [0.05, 0.1) is 5.69 Å². The molecule has 0 saturated heterocycles. The molecule has 1 aromatic carbocycles. The van der Waals surface area contributed by atoms with Crippen molar-refractivity contribution in [3.63, 3.8) is 0 Å². The third kappa shape index (κ3) is 3.25. The summed E-state index contributed by atoms with van der Waals surface area (Å²) >= 11 is 0. The predicted octanol–water partition coefficient (Wildman–Crippen LogP) is 2.67. The summed E-state index contributed by atoms with van der Waals surface area (Å²) in [5.74, 6) is 0.371. The molecule has 2 rings (SSSR count). The number of anilines is 1. The normalized spacial score (nSPS) is 16.5. The van der Waals surface area contributed by atoms with Crippen LogP contribution in [-0.2, 0) is 9.53 Å². The lowest BCUT2D eigenvalue weighted by Crippen LogP contribution is -2.33. The van der Waals surface area contributed by atoms with Gasteiger partial charge in [-0.15, -0.1) is 0 Å². The second kappa shape index (κ2) is 6.66. The number of fused-ring (bicyclic) bond motifs is 1. The number of amides is 1.